The molecule has 0 saturated carbocycles. The molecule has 0 radical (unpaired) electrons. The van der Waals surface area contributed by atoms with E-state index >= 15 is 0 Å². The molecule has 1 spiro atoms. The topological polar surface area (TPSA) is 47.3 Å². The van der Waals surface area contributed by atoms with Crippen molar-refractivity contribution in [2.24, 2.45) is 11.8 Å². The second-order valence-electron chi connectivity index (χ2n) is 5.86. The maximum Gasteiger partial charge on any atom is 0.0783 e. The molecule has 0 aromatic carbocycles. The van der Waals surface area contributed by atoms with Crippen LogP contribution in [-0.2, 0) is 4.74 Å². The number of hydrogen-bond acceptors (Lipinski definition) is 4. The predicted octanol–water partition coefficient (Wildman–Crippen LogP) is 2.70. The van der Waals surface area contributed by atoms with E-state index in [0.29, 0.717) is 12.0 Å². The summed E-state index contributed by atoms with van der Waals surface area (Å²) in [5.41, 5.74) is 3.26. The number of nitrogens with one attached hydrogen (secondary N) is 1. The van der Waals surface area contributed by atoms with E-state index in [-0.39, 0.29) is 5.60 Å². The van der Waals surface area contributed by atoms with Gasteiger partial charge in [0, 0.05) is 18.4 Å². The summed E-state index contributed by atoms with van der Waals surface area (Å²) in [5, 5.41) is 0. The highest BCUT2D eigenvalue weighted by Crippen LogP contribution is 2.41. The van der Waals surface area contributed by atoms with Crippen LogP contribution in [0.3, 0.4) is 0 Å². The van der Waals surface area contributed by atoms with E-state index in [1.165, 1.54) is 56.5 Å². The molecule has 2 aliphatic heterocycles. The first-order valence-electron chi connectivity index (χ1n) is 7.47. The molecule has 2 heterocycles. The lowest BCUT2D eigenvalue weighted by Gasteiger charge is -2.40. The molecule has 2 aliphatic rings. The molecule has 2 fully saturated rings. The van der Waals surface area contributed by atoms with Crippen molar-refractivity contribution in [1.82, 2.24) is 5.43 Å². The number of hydrazine groups is 1. The second kappa shape index (κ2) is 7.13. The Hall–Kier alpha value is 0.230. The normalized spacial score (nSPS) is 34.0. The second-order valence-corrected chi connectivity index (χ2v) is 6.96. The number of unbranched alkanes of at least 4 members (excludes halogenated alkanes) is 2. The van der Waals surface area contributed by atoms with Crippen molar-refractivity contribution >= 4 is 11.8 Å². The Labute approximate surface area is 116 Å². The van der Waals surface area contributed by atoms with Crippen LogP contribution >= 0.6 is 11.8 Å². The Bertz CT molecular complexity index is 244. The van der Waals surface area contributed by atoms with Gasteiger partial charge in [0.1, 0.15) is 0 Å². The van der Waals surface area contributed by atoms with Crippen LogP contribution in [0.2, 0.25) is 0 Å². The molecule has 3 nitrogen and oxygen atoms in total. The summed E-state index contributed by atoms with van der Waals surface area (Å²) < 4.78 is 6.09. The van der Waals surface area contributed by atoms with E-state index < -0.39 is 0 Å². The SMILES string of the molecule is CCCCCC(NN)C1CCOC2(CCSC2)C1. The molecule has 2 saturated heterocycles. The van der Waals surface area contributed by atoms with Gasteiger partial charge in [-0.1, -0.05) is 26.2 Å². The van der Waals surface area contributed by atoms with Gasteiger partial charge >= 0.3 is 0 Å². The summed E-state index contributed by atoms with van der Waals surface area (Å²) in [7, 11) is 0. The molecule has 0 aliphatic carbocycles. The minimum absolute atomic E-state index is 0.188. The minimum Gasteiger partial charge on any atom is -0.374 e. The third-order valence-corrected chi connectivity index (χ3v) is 5.72. The van der Waals surface area contributed by atoms with Crippen LogP contribution in [0.15, 0.2) is 0 Å². The van der Waals surface area contributed by atoms with Crippen LogP contribution in [0.5, 0.6) is 0 Å². The fraction of sp³-hybridized carbons (Fsp3) is 1.00. The number of thioether (sulfide) groups is 1. The number of ether oxygens (including phenoxy) is 1. The highest BCUT2D eigenvalue weighted by atomic mass is 32.2. The van der Waals surface area contributed by atoms with Gasteiger partial charge in [0.05, 0.1) is 5.60 Å². The van der Waals surface area contributed by atoms with E-state index in [9.17, 15) is 0 Å². The van der Waals surface area contributed by atoms with Gasteiger partial charge < -0.3 is 4.74 Å². The van der Waals surface area contributed by atoms with Crippen LogP contribution in [0, 0.1) is 5.92 Å². The quantitative estimate of drug-likeness (QED) is 0.443. The van der Waals surface area contributed by atoms with Gasteiger partial charge in [0.15, 0.2) is 0 Å². The smallest absolute Gasteiger partial charge is 0.0783 e. The lowest BCUT2D eigenvalue weighted by atomic mass is 9.80. The summed E-state index contributed by atoms with van der Waals surface area (Å²) in [5.74, 6) is 8.94. The van der Waals surface area contributed by atoms with Crippen molar-refractivity contribution in [2.45, 2.75) is 63.5 Å². The van der Waals surface area contributed by atoms with Crippen LogP contribution in [0.1, 0.15) is 51.9 Å². The van der Waals surface area contributed by atoms with Gasteiger partial charge in [0.25, 0.3) is 0 Å². The molecule has 0 amide bonds. The molecule has 106 valence electrons. The summed E-state index contributed by atoms with van der Waals surface area (Å²) in [6, 6.07) is 0.489. The van der Waals surface area contributed by atoms with E-state index in [4.69, 9.17) is 10.6 Å². The molecule has 0 bridgehead atoms. The molecule has 4 heteroatoms. The molecule has 0 aromatic heterocycles. The van der Waals surface area contributed by atoms with E-state index in [1.807, 2.05) is 11.8 Å². The van der Waals surface area contributed by atoms with Crippen LogP contribution in [0.25, 0.3) is 0 Å². The van der Waals surface area contributed by atoms with Gasteiger partial charge in [-0.05, 0) is 37.4 Å². The van der Waals surface area contributed by atoms with Crippen LogP contribution in [0.4, 0.5) is 0 Å². The lowest BCUT2D eigenvalue weighted by Crippen LogP contribution is -2.48. The third kappa shape index (κ3) is 3.62. The highest BCUT2D eigenvalue weighted by molar-refractivity contribution is 7.99. The standard InChI is InChI=1S/C14H28N2OS/c1-2-3-4-5-13(16-15)12-6-8-17-14(10-12)7-9-18-11-14/h12-13,16H,2-11,15H2,1H3. The Morgan fingerprint density at radius 1 is 1.50 bits per heavy atom. The molecule has 3 atom stereocenters. The van der Waals surface area contributed by atoms with E-state index in [0.717, 1.165) is 6.61 Å². The molecule has 18 heavy (non-hydrogen) atoms. The third-order valence-electron chi connectivity index (χ3n) is 4.50. The monoisotopic (exact) mass is 272 g/mol. The first-order valence-corrected chi connectivity index (χ1v) is 8.63. The van der Waals surface area contributed by atoms with Crippen molar-refractivity contribution < 1.29 is 4.74 Å². The van der Waals surface area contributed by atoms with Gasteiger partial charge in [-0.3, -0.25) is 11.3 Å². The summed E-state index contributed by atoms with van der Waals surface area (Å²) in [4.78, 5) is 0. The molecular formula is C14H28N2OS. The van der Waals surface area contributed by atoms with Gasteiger partial charge in [-0.15, -0.1) is 0 Å². The van der Waals surface area contributed by atoms with E-state index in [1.54, 1.807) is 0 Å². The number of hydrogen-bond donors (Lipinski definition) is 2. The van der Waals surface area contributed by atoms with Gasteiger partial charge in [0.2, 0.25) is 0 Å². The molecule has 3 N–H and O–H groups in total. The average molecular weight is 272 g/mol. The molecule has 2 rings (SSSR count). The Morgan fingerprint density at radius 3 is 3.06 bits per heavy atom. The van der Waals surface area contributed by atoms with Crippen molar-refractivity contribution in [3.05, 3.63) is 0 Å². The zero-order valence-corrected chi connectivity index (χ0v) is 12.4. The predicted molar refractivity (Wildman–Crippen MR) is 78.6 cm³/mol. The largest absolute Gasteiger partial charge is 0.374 e. The number of rotatable bonds is 6. The molecule has 3 unspecified atom stereocenters. The van der Waals surface area contributed by atoms with Crippen LogP contribution < -0.4 is 11.3 Å². The van der Waals surface area contributed by atoms with Crippen molar-refractivity contribution in [1.29, 1.82) is 0 Å². The van der Waals surface area contributed by atoms with Gasteiger partial charge in [-0.25, -0.2) is 0 Å². The van der Waals surface area contributed by atoms with Crippen molar-refractivity contribution in [2.75, 3.05) is 18.1 Å². The fourth-order valence-corrected chi connectivity index (χ4v) is 4.72. The van der Waals surface area contributed by atoms with Crippen molar-refractivity contribution in [3.63, 3.8) is 0 Å². The number of nitrogens with two attached hydrogens (primary N) is 1. The minimum atomic E-state index is 0.188. The molecular weight excluding hydrogens is 244 g/mol. The maximum absolute atomic E-state index is 6.09. The average Bonchev–Trinajstić information content (AvgIpc) is 2.83. The molecule has 0 aromatic rings. The highest BCUT2D eigenvalue weighted by Gasteiger charge is 2.42. The summed E-state index contributed by atoms with van der Waals surface area (Å²) in [6.45, 7) is 3.18. The van der Waals surface area contributed by atoms with Gasteiger partial charge in [-0.2, -0.15) is 11.8 Å². The maximum atomic E-state index is 6.09. The Morgan fingerprint density at radius 2 is 2.39 bits per heavy atom. The van der Waals surface area contributed by atoms with E-state index in [2.05, 4.69) is 12.3 Å². The zero-order chi connectivity index (χ0) is 12.8. The summed E-state index contributed by atoms with van der Waals surface area (Å²) >= 11 is 2.05. The van der Waals surface area contributed by atoms with Crippen molar-refractivity contribution in [3.8, 4) is 0 Å². The summed E-state index contributed by atoms with van der Waals surface area (Å²) in [6.07, 6.45) is 8.74. The first-order chi connectivity index (χ1) is 8.79. The van der Waals surface area contributed by atoms with Crippen LogP contribution in [-0.4, -0.2) is 29.8 Å². The Kier molecular flexibility index (Phi) is 5.80. The fourth-order valence-electron chi connectivity index (χ4n) is 3.34. The zero-order valence-electron chi connectivity index (χ0n) is 11.6. The Balaban J connectivity index is 1.85. The lowest BCUT2D eigenvalue weighted by molar-refractivity contribution is -0.0856. The first kappa shape index (κ1) is 14.6.